The third-order valence-electron chi connectivity index (χ3n) is 1.64. The molecule has 0 aromatic rings. The van der Waals surface area contributed by atoms with E-state index in [-0.39, 0.29) is 6.42 Å². The van der Waals surface area contributed by atoms with Crippen molar-refractivity contribution < 1.29 is 13.2 Å². The Morgan fingerprint density at radius 3 is 2.42 bits per heavy atom. The maximum atomic E-state index is 12.1. The van der Waals surface area contributed by atoms with Crippen LogP contribution in [0, 0.1) is 0 Å². The average molecular weight is 181 g/mol. The summed E-state index contributed by atoms with van der Waals surface area (Å²) < 4.78 is 36.2. The van der Waals surface area contributed by atoms with Crippen LogP contribution in [-0.2, 0) is 0 Å². The van der Waals surface area contributed by atoms with Gasteiger partial charge in [0, 0.05) is 0 Å². The lowest BCUT2D eigenvalue weighted by Crippen LogP contribution is -2.39. The topological polar surface area (TPSA) is 12.0 Å². The summed E-state index contributed by atoms with van der Waals surface area (Å²) in [6.07, 6.45) is -1.23. The lowest BCUT2D eigenvalue weighted by atomic mass is 10.1. The second-order valence-electron chi connectivity index (χ2n) is 2.60. The number of halogens is 3. The lowest BCUT2D eigenvalue weighted by molar-refractivity contribution is -0.156. The van der Waals surface area contributed by atoms with Crippen molar-refractivity contribution in [1.29, 1.82) is 0 Å². The summed E-state index contributed by atoms with van der Waals surface area (Å²) in [7, 11) is 1.33. The van der Waals surface area contributed by atoms with Crippen molar-refractivity contribution in [3.05, 3.63) is 12.7 Å². The van der Waals surface area contributed by atoms with Crippen LogP contribution < -0.4 is 5.32 Å². The third-order valence-corrected chi connectivity index (χ3v) is 1.64. The molecule has 0 aliphatic heterocycles. The summed E-state index contributed by atoms with van der Waals surface area (Å²) in [6, 6.07) is -1.38. The van der Waals surface area contributed by atoms with E-state index in [0.29, 0.717) is 12.8 Å². The van der Waals surface area contributed by atoms with Crippen molar-refractivity contribution in [2.75, 3.05) is 7.05 Å². The molecule has 72 valence electrons. The maximum absolute atomic E-state index is 12.1. The fraction of sp³-hybridized carbons (Fsp3) is 0.750. The average Bonchev–Trinajstić information content (AvgIpc) is 1.95. The van der Waals surface area contributed by atoms with E-state index in [1.54, 1.807) is 6.08 Å². The number of hydrogen-bond donors (Lipinski definition) is 1. The van der Waals surface area contributed by atoms with Gasteiger partial charge in [0.15, 0.2) is 0 Å². The van der Waals surface area contributed by atoms with Gasteiger partial charge < -0.3 is 5.32 Å². The van der Waals surface area contributed by atoms with Crippen molar-refractivity contribution in [2.24, 2.45) is 0 Å². The highest BCUT2D eigenvalue weighted by Crippen LogP contribution is 2.23. The number of rotatable bonds is 5. The molecule has 1 atom stereocenters. The second kappa shape index (κ2) is 5.19. The molecule has 0 aliphatic carbocycles. The molecule has 4 heteroatoms. The fourth-order valence-corrected chi connectivity index (χ4v) is 0.938. The quantitative estimate of drug-likeness (QED) is 0.507. The Hall–Kier alpha value is -0.510. The molecule has 0 heterocycles. The summed E-state index contributed by atoms with van der Waals surface area (Å²) in [5.41, 5.74) is 0. The molecule has 12 heavy (non-hydrogen) atoms. The summed E-state index contributed by atoms with van der Waals surface area (Å²) in [6.45, 7) is 3.44. The monoisotopic (exact) mass is 181 g/mol. The van der Waals surface area contributed by atoms with Crippen molar-refractivity contribution in [2.45, 2.75) is 31.5 Å². The Balaban J connectivity index is 3.75. The molecule has 0 bridgehead atoms. The number of alkyl halides is 3. The van der Waals surface area contributed by atoms with E-state index in [2.05, 4.69) is 11.9 Å². The molecule has 1 unspecified atom stereocenters. The molecule has 0 rings (SSSR count). The van der Waals surface area contributed by atoms with Crippen LogP contribution in [0.4, 0.5) is 13.2 Å². The van der Waals surface area contributed by atoms with Crippen molar-refractivity contribution in [1.82, 2.24) is 5.32 Å². The summed E-state index contributed by atoms with van der Waals surface area (Å²) in [5, 5.41) is 2.24. The first-order valence-corrected chi connectivity index (χ1v) is 3.87. The van der Waals surface area contributed by atoms with Gasteiger partial charge in [-0.1, -0.05) is 6.08 Å². The maximum Gasteiger partial charge on any atom is 0.403 e. The Bertz CT molecular complexity index is 131. The SMILES string of the molecule is C=CCCCC(NC)C(F)(F)F. The number of nitrogens with one attached hydrogen (secondary N) is 1. The Labute approximate surface area is 70.7 Å². The van der Waals surface area contributed by atoms with E-state index in [1.165, 1.54) is 7.05 Å². The van der Waals surface area contributed by atoms with Crippen LogP contribution in [0.25, 0.3) is 0 Å². The molecular weight excluding hydrogens is 167 g/mol. The smallest absolute Gasteiger partial charge is 0.309 e. The Kier molecular flexibility index (Phi) is 4.97. The van der Waals surface area contributed by atoms with Crippen LogP contribution in [0.2, 0.25) is 0 Å². The van der Waals surface area contributed by atoms with Crippen LogP contribution in [0.15, 0.2) is 12.7 Å². The zero-order valence-electron chi connectivity index (χ0n) is 7.12. The molecule has 1 N–H and O–H groups in total. The first kappa shape index (κ1) is 11.5. The highest BCUT2D eigenvalue weighted by Gasteiger charge is 2.37. The van der Waals surface area contributed by atoms with E-state index >= 15 is 0 Å². The molecule has 0 aliphatic rings. The largest absolute Gasteiger partial charge is 0.403 e. The van der Waals surface area contributed by atoms with E-state index in [4.69, 9.17) is 0 Å². The van der Waals surface area contributed by atoms with Gasteiger partial charge in [-0.25, -0.2) is 0 Å². The molecule has 0 aromatic heterocycles. The van der Waals surface area contributed by atoms with E-state index in [1.807, 2.05) is 0 Å². The summed E-state index contributed by atoms with van der Waals surface area (Å²) in [5.74, 6) is 0. The van der Waals surface area contributed by atoms with Crippen LogP contribution in [0.3, 0.4) is 0 Å². The predicted molar refractivity (Wildman–Crippen MR) is 43.0 cm³/mol. The van der Waals surface area contributed by atoms with Gasteiger partial charge in [-0.2, -0.15) is 13.2 Å². The normalized spacial score (nSPS) is 14.3. The van der Waals surface area contributed by atoms with Gasteiger partial charge in [-0.3, -0.25) is 0 Å². The minimum Gasteiger partial charge on any atom is -0.309 e. The molecule has 1 nitrogen and oxygen atoms in total. The predicted octanol–water partition coefficient (Wildman–Crippen LogP) is 2.49. The summed E-state index contributed by atoms with van der Waals surface area (Å²) >= 11 is 0. The van der Waals surface area contributed by atoms with Gasteiger partial charge in [0.25, 0.3) is 0 Å². The summed E-state index contributed by atoms with van der Waals surface area (Å²) in [4.78, 5) is 0. The van der Waals surface area contributed by atoms with E-state index in [9.17, 15) is 13.2 Å². The highest BCUT2D eigenvalue weighted by atomic mass is 19.4. The number of hydrogen-bond acceptors (Lipinski definition) is 1. The van der Waals surface area contributed by atoms with Gasteiger partial charge in [0.1, 0.15) is 6.04 Å². The van der Waals surface area contributed by atoms with Gasteiger partial charge in [0.05, 0.1) is 0 Å². The van der Waals surface area contributed by atoms with Gasteiger partial charge in [-0.15, -0.1) is 6.58 Å². The van der Waals surface area contributed by atoms with E-state index < -0.39 is 12.2 Å². The molecule has 0 fully saturated rings. The first-order valence-electron chi connectivity index (χ1n) is 3.87. The minimum absolute atomic E-state index is 0.117. The Morgan fingerprint density at radius 2 is 2.08 bits per heavy atom. The molecule has 0 spiro atoms. The molecular formula is C8H14F3N. The standard InChI is InChI=1S/C8H14F3N/c1-3-4-5-6-7(12-2)8(9,10)11/h3,7,12H,1,4-6H2,2H3. The van der Waals surface area contributed by atoms with Crippen LogP contribution in [0.5, 0.6) is 0 Å². The highest BCUT2D eigenvalue weighted by molar-refractivity contribution is 4.75. The van der Waals surface area contributed by atoms with Crippen molar-refractivity contribution >= 4 is 0 Å². The van der Waals surface area contributed by atoms with Gasteiger partial charge in [0.2, 0.25) is 0 Å². The van der Waals surface area contributed by atoms with Crippen LogP contribution in [-0.4, -0.2) is 19.3 Å². The zero-order valence-corrected chi connectivity index (χ0v) is 7.12. The second-order valence-corrected chi connectivity index (χ2v) is 2.60. The van der Waals surface area contributed by atoms with Crippen molar-refractivity contribution in [3.8, 4) is 0 Å². The zero-order chi connectivity index (χ0) is 9.61. The molecule has 0 saturated carbocycles. The third kappa shape index (κ3) is 4.38. The fourth-order valence-electron chi connectivity index (χ4n) is 0.938. The van der Waals surface area contributed by atoms with Crippen LogP contribution >= 0.6 is 0 Å². The number of allylic oxidation sites excluding steroid dienone is 1. The Morgan fingerprint density at radius 1 is 1.50 bits per heavy atom. The van der Waals surface area contributed by atoms with Crippen LogP contribution in [0.1, 0.15) is 19.3 Å². The van der Waals surface area contributed by atoms with Gasteiger partial charge >= 0.3 is 6.18 Å². The van der Waals surface area contributed by atoms with Gasteiger partial charge in [-0.05, 0) is 26.3 Å². The molecule has 0 amide bonds. The van der Waals surface area contributed by atoms with E-state index in [0.717, 1.165) is 0 Å². The lowest BCUT2D eigenvalue weighted by Gasteiger charge is -2.18. The molecule has 0 saturated heterocycles. The molecule has 0 aromatic carbocycles. The van der Waals surface area contributed by atoms with Crippen molar-refractivity contribution in [3.63, 3.8) is 0 Å². The minimum atomic E-state index is -4.13. The molecule has 0 radical (unpaired) electrons. The number of unbranched alkanes of at least 4 members (excludes halogenated alkanes) is 1. The first-order chi connectivity index (χ1) is 5.52.